The number of rotatable bonds is 10. The van der Waals surface area contributed by atoms with Crippen LogP contribution in [0.3, 0.4) is 0 Å². The molecule has 0 fully saturated rings. The molecule has 1 N–H and O–H groups in total. The summed E-state index contributed by atoms with van der Waals surface area (Å²) in [7, 11) is 1.52. The van der Waals surface area contributed by atoms with E-state index in [2.05, 4.69) is 10.5 Å². The Morgan fingerprint density at radius 1 is 0.784 bits per heavy atom. The lowest BCUT2D eigenvalue weighted by atomic mass is 10.2. The molecule has 37 heavy (non-hydrogen) atoms. The number of carbonyl (C=O) groups is 1. The summed E-state index contributed by atoms with van der Waals surface area (Å²) in [4.78, 5) is 12.7. The minimum Gasteiger partial charge on any atom is -0.493 e. The van der Waals surface area contributed by atoms with Gasteiger partial charge in [-0.15, -0.1) is 0 Å². The molecule has 4 aromatic carbocycles. The van der Waals surface area contributed by atoms with Gasteiger partial charge in [0.25, 0.3) is 5.91 Å². The maximum Gasteiger partial charge on any atom is 0.271 e. The zero-order valence-electron chi connectivity index (χ0n) is 20.0. The van der Waals surface area contributed by atoms with E-state index in [4.69, 9.17) is 37.4 Å². The molecule has 0 bridgehead atoms. The number of ether oxygens (including phenoxy) is 3. The molecule has 0 aliphatic rings. The van der Waals surface area contributed by atoms with Crippen molar-refractivity contribution in [2.24, 2.45) is 5.10 Å². The molecule has 1 amide bonds. The molecule has 0 saturated carbocycles. The van der Waals surface area contributed by atoms with Crippen LogP contribution in [-0.4, -0.2) is 19.2 Å². The number of nitrogens with zero attached hydrogens (tertiary/aromatic N) is 1. The molecule has 0 aliphatic carbocycles. The third-order valence-electron chi connectivity index (χ3n) is 5.31. The van der Waals surface area contributed by atoms with E-state index in [1.165, 1.54) is 13.3 Å². The van der Waals surface area contributed by atoms with Crippen molar-refractivity contribution in [3.8, 4) is 17.2 Å². The van der Waals surface area contributed by atoms with Gasteiger partial charge < -0.3 is 14.2 Å². The summed E-state index contributed by atoms with van der Waals surface area (Å²) in [5.41, 5.74) is 5.49. The molecule has 4 aromatic rings. The monoisotopic (exact) mass is 534 g/mol. The van der Waals surface area contributed by atoms with E-state index in [9.17, 15) is 4.79 Å². The number of hydrogen-bond acceptors (Lipinski definition) is 5. The average Bonchev–Trinajstić information content (AvgIpc) is 2.92. The van der Waals surface area contributed by atoms with Gasteiger partial charge in [0.2, 0.25) is 0 Å². The van der Waals surface area contributed by atoms with Crippen molar-refractivity contribution in [1.82, 2.24) is 5.43 Å². The van der Waals surface area contributed by atoms with Gasteiger partial charge >= 0.3 is 0 Å². The highest BCUT2D eigenvalue weighted by atomic mass is 35.5. The van der Waals surface area contributed by atoms with Crippen molar-refractivity contribution in [3.63, 3.8) is 0 Å². The number of amides is 1. The molecule has 0 atom stereocenters. The summed E-state index contributed by atoms with van der Waals surface area (Å²) in [6.45, 7) is 0.722. The van der Waals surface area contributed by atoms with Crippen molar-refractivity contribution >= 4 is 35.3 Å². The molecule has 8 heteroatoms. The van der Waals surface area contributed by atoms with E-state index in [-0.39, 0.29) is 0 Å². The van der Waals surface area contributed by atoms with Gasteiger partial charge in [-0.25, -0.2) is 5.43 Å². The lowest BCUT2D eigenvalue weighted by molar-refractivity contribution is 0.0954. The summed E-state index contributed by atoms with van der Waals surface area (Å²) in [5.74, 6) is 1.14. The normalized spacial score (nSPS) is 10.8. The van der Waals surface area contributed by atoms with E-state index in [0.717, 1.165) is 11.1 Å². The van der Waals surface area contributed by atoms with Crippen molar-refractivity contribution in [1.29, 1.82) is 0 Å². The predicted molar refractivity (Wildman–Crippen MR) is 146 cm³/mol. The second-order valence-electron chi connectivity index (χ2n) is 7.94. The Balaban J connectivity index is 1.39. The third kappa shape index (κ3) is 7.49. The molecule has 0 aromatic heterocycles. The van der Waals surface area contributed by atoms with Crippen LogP contribution >= 0.6 is 23.2 Å². The first kappa shape index (κ1) is 26.1. The van der Waals surface area contributed by atoms with Gasteiger partial charge in [-0.2, -0.15) is 5.10 Å². The van der Waals surface area contributed by atoms with Crippen molar-refractivity contribution < 1.29 is 19.0 Å². The van der Waals surface area contributed by atoms with Crippen LogP contribution in [0.5, 0.6) is 17.2 Å². The first-order valence-electron chi connectivity index (χ1n) is 11.4. The number of halogens is 2. The fourth-order valence-electron chi connectivity index (χ4n) is 3.38. The largest absolute Gasteiger partial charge is 0.493 e. The molecule has 0 aliphatic heterocycles. The standard InChI is InChI=1S/C29H24Cl2N2O4/c1-35-28-16-22(9-13-27(28)37-18-20-5-3-2-4-6-20)29(34)33-32-17-23-15-25(31)12-14-26(23)36-19-21-7-10-24(30)11-8-21/h2-17H,18-19H2,1H3,(H,33,34)/b32-17+. The zero-order chi connectivity index (χ0) is 26.0. The summed E-state index contributed by atoms with van der Waals surface area (Å²) in [6.07, 6.45) is 1.48. The van der Waals surface area contributed by atoms with Crippen LogP contribution in [0.2, 0.25) is 10.0 Å². The lowest BCUT2D eigenvalue weighted by Gasteiger charge is -2.12. The van der Waals surface area contributed by atoms with Crippen molar-refractivity contribution in [3.05, 3.63) is 123 Å². The van der Waals surface area contributed by atoms with Crippen LogP contribution in [0.15, 0.2) is 96.1 Å². The topological polar surface area (TPSA) is 69.2 Å². The Morgan fingerprint density at radius 2 is 1.43 bits per heavy atom. The van der Waals surface area contributed by atoms with Gasteiger partial charge in [-0.05, 0) is 59.7 Å². The number of carbonyl (C=O) groups excluding carboxylic acids is 1. The minimum absolute atomic E-state index is 0.338. The van der Waals surface area contributed by atoms with E-state index >= 15 is 0 Å². The Morgan fingerprint density at radius 3 is 2.16 bits per heavy atom. The van der Waals surface area contributed by atoms with Crippen LogP contribution in [0.25, 0.3) is 0 Å². The Kier molecular flexibility index (Phi) is 9.03. The second kappa shape index (κ2) is 12.8. The van der Waals surface area contributed by atoms with E-state index < -0.39 is 5.91 Å². The molecule has 188 valence electrons. The summed E-state index contributed by atoms with van der Waals surface area (Å²) in [6, 6.07) is 27.3. The van der Waals surface area contributed by atoms with Gasteiger partial charge in [-0.1, -0.05) is 65.7 Å². The van der Waals surface area contributed by atoms with Crippen molar-refractivity contribution in [2.45, 2.75) is 13.2 Å². The molecule has 0 heterocycles. The first-order chi connectivity index (χ1) is 18.0. The first-order valence-corrected chi connectivity index (χ1v) is 12.1. The number of hydrogen-bond donors (Lipinski definition) is 1. The quantitative estimate of drug-likeness (QED) is 0.177. The number of nitrogens with one attached hydrogen (secondary N) is 1. The van der Waals surface area contributed by atoms with Crippen LogP contribution in [0.1, 0.15) is 27.0 Å². The summed E-state index contributed by atoms with van der Waals surface area (Å²) >= 11 is 12.1. The molecule has 6 nitrogen and oxygen atoms in total. The maximum absolute atomic E-state index is 12.7. The SMILES string of the molecule is COc1cc(C(=O)N/N=C/c2cc(Cl)ccc2OCc2ccc(Cl)cc2)ccc1OCc1ccccc1. The molecule has 0 unspecified atom stereocenters. The van der Waals surface area contributed by atoms with Crippen LogP contribution in [0.4, 0.5) is 0 Å². The highest BCUT2D eigenvalue weighted by Gasteiger charge is 2.11. The van der Waals surface area contributed by atoms with E-state index in [1.54, 1.807) is 48.5 Å². The smallest absolute Gasteiger partial charge is 0.271 e. The molecule has 0 spiro atoms. The highest BCUT2D eigenvalue weighted by Crippen LogP contribution is 2.29. The third-order valence-corrected chi connectivity index (χ3v) is 5.80. The van der Waals surface area contributed by atoms with E-state index in [1.807, 2.05) is 42.5 Å². The highest BCUT2D eigenvalue weighted by molar-refractivity contribution is 6.31. The molecule has 0 radical (unpaired) electrons. The molecular formula is C29H24Cl2N2O4. The van der Waals surface area contributed by atoms with Gasteiger partial charge in [0.05, 0.1) is 13.3 Å². The Hall–Kier alpha value is -4.00. The van der Waals surface area contributed by atoms with Gasteiger partial charge in [0.15, 0.2) is 11.5 Å². The maximum atomic E-state index is 12.7. The Bertz CT molecular complexity index is 1380. The van der Waals surface area contributed by atoms with Crippen molar-refractivity contribution in [2.75, 3.05) is 7.11 Å². The molecule has 4 rings (SSSR count). The number of hydrazone groups is 1. The second-order valence-corrected chi connectivity index (χ2v) is 8.81. The minimum atomic E-state index is -0.408. The summed E-state index contributed by atoms with van der Waals surface area (Å²) < 4.78 is 17.2. The van der Waals surface area contributed by atoms with Crippen LogP contribution in [0, 0.1) is 0 Å². The summed E-state index contributed by atoms with van der Waals surface area (Å²) in [5, 5.41) is 5.26. The van der Waals surface area contributed by atoms with E-state index in [0.29, 0.717) is 51.6 Å². The lowest BCUT2D eigenvalue weighted by Crippen LogP contribution is -2.17. The van der Waals surface area contributed by atoms with Gasteiger partial charge in [-0.3, -0.25) is 4.79 Å². The number of benzene rings is 4. The van der Waals surface area contributed by atoms with Gasteiger partial charge in [0.1, 0.15) is 19.0 Å². The van der Waals surface area contributed by atoms with Gasteiger partial charge in [0, 0.05) is 21.2 Å². The molecular weight excluding hydrogens is 511 g/mol. The zero-order valence-corrected chi connectivity index (χ0v) is 21.5. The fraction of sp³-hybridized carbons (Fsp3) is 0.103. The molecule has 0 saturated heterocycles. The predicted octanol–water partition coefficient (Wildman–Crippen LogP) is 6.92. The average molecular weight is 535 g/mol. The Labute approximate surface area is 225 Å². The fourth-order valence-corrected chi connectivity index (χ4v) is 3.69. The van der Waals surface area contributed by atoms with Crippen LogP contribution < -0.4 is 19.6 Å². The van der Waals surface area contributed by atoms with Crippen LogP contribution in [-0.2, 0) is 13.2 Å². The number of methoxy groups -OCH3 is 1.